The molecule has 0 spiro atoms. The van der Waals surface area contributed by atoms with Crippen molar-refractivity contribution in [3.8, 4) is 0 Å². The minimum absolute atomic E-state index is 0.0194. The summed E-state index contributed by atoms with van der Waals surface area (Å²) < 4.78 is 37.9. The molecule has 0 saturated carbocycles. The fraction of sp³-hybridized carbons (Fsp3) is 0.545. The highest BCUT2D eigenvalue weighted by atomic mass is 19.4. The smallest absolute Gasteiger partial charge is 0.396 e. The van der Waals surface area contributed by atoms with E-state index in [2.05, 4.69) is 4.98 Å². The van der Waals surface area contributed by atoms with E-state index in [1.54, 1.807) is 13.8 Å². The maximum Gasteiger partial charge on any atom is 0.418 e. The van der Waals surface area contributed by atoms with E-state index in [1.807, 2.05) is 0 Å². The predicted octanol–water partition coefficient (Wildman–Crippen LogP) is 2.66. The van der Waals surface area contributed by atoms with E-state index in [-0.39, 0.29) is 18.7 Å². The van der Waals surface area contributed by atoms with Gasteiger partial charge in [-0.1, -0.05) is 13.8 Å². The third kappa shape index (κ3) is 3.20. The number of aromatic nitrogens is 1. The third-order valence-electron chi connectivity index (χ3n) is 2.27. The Morgan fingerprint density at radius 3 is 2.44 bits per heavy atom. The number of aliphatic hydroxyl groups excluding tert-OH is 1. The molecule has 0 amide bonds. The molecule has 90 valence electrons. The lowest BCUT2D eigenvalue weighted by molar-refractivity contribution is -0.138. The highest BCUT2D eigenvalue weighted by Gasteiger charge is 2.35. The molecule has 1 rings (SSSR count). The second kappa shape index (κ2) is 4.41. The first-order chi connectivity index (χ1) is 7.26. The van der Waals surface area contributed by atoms with Crippen LogP contribution in [0.5, 0.6) is 0 Å². The van der Waals surface area contributed by atoms with Crippen LogP contribution in [0.2, 0.25) is 0 Å². The molecule has 0 radical (unpaired) electrons. The number of nitrogens with zero attached hydrogens (tertiary/aromatic N) is 1. The van der Waals surface area contributed by atoms with Gasteiger partial charge in [-0.05, 0) is 24.0 Å². The van der Waals surface area contributed by atoms with Gasteiger partial charge in [0.2, 0.25) is 0 Å². The Balaban J connectivity index is 3.06. The molecular formula is C11H14F3NO. The van der Waals surface area contributed by atoms with E-state index in [0.29, 0.717) is 0 Å². The lowest BCUT2D eigenvalue weighted by atomic mass is 9.87. The van der Waals surface area contributed by atoms with E-state index >= 15 is 0 Å². The molecule has 0 aliphatic rings. The van der Waals surface area contributed by atoms with Crippen LogP contribution < -0.4 is 0 Å². The number of halogens is 3. The minimum atomic E-state index is -4.39. The van der Waals surface area contributed by atoms with Crippen LogP contribution in [0.15, 0.2) is 18.3 Å². The number of rotatable bonds is 3. The molecule has 0 aliphatic heterocycles. The van der Waals surface area contributed by atoms with Gasteiger partial charge in [0.15, 0.2) is 0 Å². The zero-order valence-electron chi connectivity index (χ0n) is 9.17. The summed E-state index contributed by atoms with van der Waals surface area (Å²) in [5.41, 5.74) is -1.35. The fourth-order valence-corrected chi connectivity index (χ4v) is 1.35. The van der Waals surface area contributed by atoms with Crippen LogP contribution in [0.1, 0.15) is 25.1 Å². The molecule has 2 nitrogen and oxygen atoms in total. The quantitative estimate of drug-likeness (QED) is 0.870. The number of hydrogen-bond donors (Lipinski definition) is 1. The van der Waals surface area contributed by atoms with E-state index in [0.717, 1.165) is 6.07 Å². The Morgan fingerprint density at radius 2 is 1.94 bits per heavy atom. The summed E-state index contributed by atoms with van der Waals surface area (Å²) in [7, 11) is 0. The topological polar surface area (TPSA) is 33.1 Å². The van der Waals surface area contributed by atoms with Crippen LogP contribution in [0, 0.1) is 5.41 Å². The van der Waals surface area contributed by atoms with Gasteiger partial charge in [0.25, 0.3) is 0 Å². The molecule has 1 N–H and O–H groups in total. The van der Waals surface area contributed by atoms with E-state index in [9.17, 15) is 13.2 Å². The Labute approximate surface area is 92.1 Å². The molecular weight excluding hydrogens is 219 g/mol. The van der Waals surface area contributed by atoms with Gasteiger partial charge in [0.05, 0.1) is 11.3 Å². The van der Waals surface area contributed by atoms with Crippen molar-refractivity contribution in [3.63, 3.8) is 0 Å². The standard InChI is InChI=1S/C11H14F3NO/c1-10(2,7-16)6-9-8(11(12,13)14)4-3-5-15-9/h3-5,16H,6-7H2,1-2H3. The summed E-state index contributed by atoms with van der Waals surface area (Å²) in [4.78, 5) is 3.75. The van der Waals surface area contributed by atoms with Crippen molar-refractivity contribution in [2.45, 2.75) is 26.4 Å². The molecule has 0 unspecified atom stereocenters. The summed E-state index contributed by atoms with van der Waals surface area (Å²) in [6, 6.07) is 2.27. The van der Waals surface area contributed by atoms with Crippen LogP contribution in [-0.4, -0.2) is 16.7 Å². The Bertz CT molecular complexity index is 360. The second-order valence-electron chi connectivity index (χ2n) is 4.49. The number of aliphatic hydroxyl groups is 1. The largest absolute Gasteiger partial charge is 0.418 e. The summed E-state index contributed by atoms with van der Waals surface area (Å²) in [5.74, 6) is 0. The van der Waals surface area contributed by atoms with Gasteiger partial charge >= 0.3 is 6.18 Å². The third-order valence-corrected chi connectivity index (χ3v) is 2.27. The zero-order valence-corrected chi connectivity index (χ0v) is 9.17. The van der Waals surface area contributed by atoms with Crippen LogP contribution in [-0.2, 0) is 12.6 Å². The molecule has 5 heteroatoms. The predicted molar refractivity (Wildman–Crippen MR) is 53.8 cm³/mol. The van der Waals surface area contributed by atoms with Crippen molar-refractivity contribution in [1.82, 2.24) is 4.98 Å². The Hall–Kier alpha value is -1.10. The van der Waals surface area contributed by atoms with Gasteiger partial charge in [-0.25, -0.2) is 0 Å². The molecule has 0 fully saturated rings. The molecule has 0 bridgehead atoms. The van der Waals surface area contributed by atoms with Crippen LogP contribution in [0.3, 0.4) is 0 Å². The van der Waals surface area contributed by atoms with Crippen molar-refractivity contribution in [1.29, 1.82) is 0 Å². The van der Waals surface area contributed by atoms with Crippen molar-refractivity contribution in [3.05, 3.63) is 29.6 Å². The van der Waals surface area contributed by atoms with Gasteiger partial charge in [0, 0.05) is 12.8 Å². The van der Waals surface area contributed by atoms with Gasteiger partial charge in [-0.15, -0.1) is 0 Å². The molecule has 16 heavy (non-hydrogen) atoms. The van der Waals surface area contributed by atoms with E-state index < -0.39 is 17.2 Å². The number of hydrogen-bond acceptors (Lipinski definition) is 2. The van der Waals surface area contributed by atoms with E-state index in [1.165, 1.54) is 12.3 Å². The first-order valence-corrected chi connectivity index (χ1v) is 4.88. The molecule has 1 aromatic rings. The normalized spacial score (nSPS) is 12.9. The average Bonchev–Trinajstić information content (AvgIpc) is 2.16. The van der Waals surface area contributed by atoms with Gasteiger partial charge in [-0.2, -0.15) is 13.2 Å². The Morgan fingerprint density at radius 1 is 1.31 bits per heavy atom. The Kier molecular flexibility index (Phi) is 3.57. The maximum atomic E-state index is 12.6. The van der Waals surface area contributed by atoms with Crippen LogP contribution >= 0.6 is 0 Å². The van der Waals surface area contributed by atoms with Crippen LogP contribution in [0.25, 0.3) is 0 Å². The molecule has 0 atom stereocenters. The summed E-state index contributed by atoms with van der Waals surface area (Å²) in [5, 5.41) is 9.04. The molecule has 1 aromatic heterocycles. The molecule has 0 aromatic carbocycles. The van der Waals surface area contributed by atoms with Crippen molar-refractivity contribution in [2.24, 2.45) is 5.41 Å². The van der Waals surface area contributed by atoms with Crippen molar-refractivity contribution < 1.29 is 18.3 Å². The summed E-state index contributed by atoms with van der Waals surface area (Å²) in [6.07, 6.45) is -2.97. The number of alkyl halides is 3. The van der Waals surface area contributed by atoms with Crippen LogP contribution in [0.4, 0.5) is 13.2 Å². The molecule has 0 saturated heterocycles. The lowest BCUT2D eigenvalue weighted by Crippen LogP contribution is -2.23. The highest BCUT2D eigenvalue weighted by molar-refractivity contribution is 5.23. The molecule has 1 heterocycles. The highest BCUT2D eigenvalue weighted by Crippen LogP contribution is 2.33. The average molecular weight is 233 g/mol. The second-order valence-corrected chi connectivity index (χ2v) is 4.49. The lowest BCUT2D eigenvalue weighted by Gasteiger charge is -2.22. The van der Waals surface area contributed by atoms with E-state index in [4.69, 9.17) is 5.11 Å². The first-order valence-electron chi connectivity index (χ1n) is 4.88. The van der Waals surface area contributed by atoms with Gasteiger partial charge in [-0.3, -0.25) is 4.98 Å². The van der Waals surface area contributed by atoms with Gasteiger partial charge < -0.3 is 5.11 Å². The SMILES string of the molecule is CC(C)(CO)Cc1ncccc1C(F)(F)F. The summed E-state index contributed by atoms with van der Waals surface area (Å²) >= 11 is 0. The minimum Gasteiger partial charge on any atom is -0.396 e. The monoisotopic (exact) mass is 233 g/mol. The maximum absolute atomic E-state index is 12.6. The first kappa shape index (κ1) is 13.0. The van der Waals surface area contributed by atoms with Crippen molar-refractivity contribution in [2.75, 3.05) is 6.61 Å². The fourth-order valence-electron chi connectivity index (χ4n) is 1.35. The number of pyridine rings is 1. The summed E-state index contributed by atoms with van der Waals surface area (Å²) in [6.45, 7) is 3.21. The van der Waals surface area contributed by atoms with Gasteiger partial charge in [0.1, 0.15) is 0 Å². The zero-order chi connectivity index (χ0) is 12.4. The molecule has 0 aliphatic carbocycles. The van der Waals surface area contributed by atoms with Crippen molar-refractivity contribution >= 4 is 0 Å².